The van der Waals surface area contributed by atoms with E-state index in [9.17, 15) is 4.79 Å². The molecule has 5 nitrogen and oxygen atoms in total. The highest BCUT2D eigenvalue weighted by Crippen LogP contribution is 2.24. The molecule has 2 aromatic heterocycles. The number of imidazole rings is 1. The SMILES string of the molecule is CSc1nc(=O)n(C)c2nc(-c3ccccc3)[nH]c12. The van der Waals surface area contributed by atoms with Gasteiger partial charge in [-0.25, -0.2) is 9.78 Å². The number of aromatic nitrogens is 4. The molecule has 0 aliphatic heterocycles. The van der Waals surface area contributed by atoms with E-state index in [2.05, 4.69) is 15.0 Å². The maximum atomic E-state index is 11.7. The van der Waals surface area contributed by atoms with Crippen LogP contribution in [0.5, 0.6) is 0 Å². The fourth-order valence-electron chi connectivity index (χ4n) is 1.94. The molecule has 6 heteroatoms. The predicted octanol–water partition coefficient (Wildman–Crippen LogP) is 2.05. The topological polar surface area (TPSA) is 63.6 Å². The molecule has 0 unspecified atom stereocenters. The first-order valence-electron chi connectivity index (χ1n) is 5.77. The first-order chi connectivity index (χ1) is 9.20. The number of H-pyrrole nitrogens is 1. The average molecular weight is 272 g/mol. The number of rotatable bonds is 2. The lowest BCUT2D eigenvalue weighted by atomic mass is 10.2. The van der Waals surface area contributed by atoms with Crippen molar-refractivity contribution in [2.24, 2.45) is 7.05 Å². The van der Waals surface area contributed by atoms with E-state index in [1.165, 1.54) is 16.3 Å². The largest absolute Gasteiger partial charge is 0.350 e. The minimum Gasteiger partial charge on any atom is -0.334 e. The van der Waals surface area contributed by atoms with Gasteiger partial charge in [-0.2, -0.15) is 4.98 Å². The number of benzene rings is 1. The Labute approximate surface area is 113 Å². The molecule has 3 aromatic rings. The molecule has 0 aliphatic rings. The smallest absolute Gasteiger partial charge is 0.334 e. The second kappa shape index (κ2) is 4.55. The highest BCUT2D eigenvalue weighted by molar-refractivity contribution is 7.98. The highest BCUT2D eigenvalue weighted by Gasteiger charge is 2.13. The number of nitrogens with zero attached hydrogens (tertiary/aromatic N) is 3. The van der Waals surface area contributed by atoms with Crippen LogP contribution < -0.4 is 5.69 Å². The van der Waals surface area contributed by atoms with Crippen LogP contribution in [-0.4, -0.2) is 25.8 Å². The molecule has 0 amide bonds. The summed E-state index contributed by atoms with van der Waals surface area (Å²) in [6.45, 7) is 0. The van der Waals surface area contributed by atoms with Crippen LogP contribution in [0.3, 0.4) is 0 Å². The standard InChI is InChI=1S/C13H12N4OS/c1-17-11-9(12(19-2)16-13(17)18)14-10(15-11)8-6-4-3-5-7-8/h3-7H,1-2H3,(H,14,15). The molecule has 0 saturated carbocycles. The Morgan fingerprint density at radius 1 is 1.21 bits per heavy atom. The molecule has 0 atom stereocenters. The molecule has 96 valence electrons. The van der Waals surface area contributed by atoms with Gasteiger partial charge in [0.25, 0.3) is 0 Å². The highest BCUT2D eigenvalue weighted by atomic mass is 32.2. The second-order valence-electron chi connectivity index (χ2n) is 4.11. The molecular weight excluding hydrogens is 260 g/mol. The summed E-state index contributed by atoms with van der Waals surface area (Å²) < 4.78 is 1.46. The van der Waals surface area contributed by atoms with Crippen molar-refractivity contribution in [1.29, 1.82) is 0 Å². The number of thioether (sulfide) groups is 1. The molecule has 19 heavy (non-hydrogen) atoms. The monoisotopic (exact) mass is 272 g/mol. The summed E-state index contributed by atoms with van der Waals surface area (Å²) in [5.74, 6) is 0.744. The Bertz CT molecular complexity index is 792. The number of hydrogen-bond donors (Lipinski definition) is 1. The fraction of sp³-hybridized carbons (Fsp3) is 0.154. The Balaban J connectivity index is 2.32. The minimum absolute atomic E-state index is 0.289. The lowest BCUT2D eigenvalue weighted by Crippen LogP contribution is -2.20. The van der Waals surface area contributed by atoms with Gasteiger partial charge in [-0.3, -0.25) is 4.57 Å². The van der Waals surface area contributed by atoms with Gasteiger partial charge in [-0.1, -0.05) is 30.3 Å². The summed E-state index contributed by atoms with van der Waals surface area (Å²) in [5.41, 5.74) is 2.12. The van der Waals surface area contributed by atoms with Gasteiger partial charge in [0.05, 0.1) is 0 Å². The zero-order chi connectivity index (χ0) is 13.4. The minimum atomic E-state index is -0.289. The van der Waals surface area contributed by atoms with E-state index in [0.717, 1.165) is 16.9 Å². The van der Waals surface area contributed by atoms with Gasteiger partial charge in [0.1, 0.15) is 16.4 Å². The van der Waals surface area contributed by atoms with E-state index >= 15 is 0 Å². The van der Waals surface area contributed by atoms with Gasteiger partial charge in [0, 0.05) is 12.6 Å². The number of fused-ring (bicyclic) bond motifs is 1. The molecule has 1 N–H and O–H groups in total. The van der Waals surface area contributed by atoms with Crippen LogP contribution in [0.15, 0.2) is 40.2 Å². The number of aromatic amines is 1. The Hall–Kier alpha value is -2.08. The predicted molar refractivity (Wildman–Crippen MR) is 76.3 cm³/mol. The molecular formula is C13H12N4OS. The van der Waals surface area contributed by atoms with Crippen molar-refractivity contribution in [3.05, 3.63) is 40.8 Å². The lowest BCUT2D eigenvalue weighted by molar-refractivity contribution is 0.817. The number of nitrogens with one attached hydrogen (secondary N) is 1. The summed E-state index contributed by atoms with van der Waals surface area (Å²) in [6.07, 6.45) is 1.89. The molecule has 0 saturated heterocycles. The van der Waals surface area contributed by atoms with Crippen LogP contribution in [0.4, 0.5) is 0 Å². The third kappa shape index (κ3) is 1.94. The van der Waals surface area contributed by atoms with Crippen molar-refractivity contribution in [3.63, 3.8) is 0 Å². The first-order valence-corrected chi connectivity index (χ1v) is 6.99. The zero-order valence-corrected chi connectivity index (χ0v) is 11.4. The molecule has 3 rings (SSSR count). The van der Waals surface area contributed by atoms with Crippen LogP contribution in [-0.2, 0) is 7.05 Å². The van der Waals surface area contributed by atoms with Crippen molar-refractivity contribution in [2.75, 3.05) is 6.26 Å². The maximum absolute atomic E-state index is 11.7. The van der Waals surface area contributed by atoms with Gasteiger partial charge in [-0.05, 0) is 6.26 Å². The zero-order valence-electron chi connectivity index (χ0n) is 10.5. The molecule has 0 fully saturated rings. The van der Waals surface area contributed by atoms with Crippen LogP contribution >= 0.6 is 11.8 Å². The normalized spacial score (nSPS) is 11.1. The summed E-state index contributed by atoms with van der Waals surface area (Å²) in [4.78, 5) is 23.5. The summed E-state index contributed by atoms with van der Waals surface area (Å²) >= 11 is 1.43. The van der Waals surface area contributed by atoms with Crippen molar-refractivity contribution < 1.29 is 0 Å². The molecule has 0 radical (unpaired) electrons. The van der Waals surface area contributed by atoms with E-state index in [-0.39, 0.29) is 5.69 Å². The van der Waals surface area contributed by atoms with Crippen LogP contribution in [0.1, 0.15) is 0 Å². The van der Waals surface area contributed by atoms with Gasteiger partial charge in [0.2, 0.25) is 0 Å². The van der Waals surface area contributed by atoms with Crippen LogP contribution in [0.25, 0.3) is 22.6 Å². The Kier molecular flexibility index (Phi) is 2.87. The van der Waals surface area contributed by atoms with Gasteiger partial charge < -0.3 is 4.98 Å². The van der Waals surface area contributed by atoms with E-state index < -0.39 is 0 Å². The van der Waals surface area contributed by atoms with Crippen LogP contribution in [0.2, 0.25) is 0 Å². The molecule has 2 heterocycles. The van der Waals surface area contributed by atoms with E-state index in [0.29, 0.717) is 10.7 Å². The molecule has 0 spiro atoms. The summed E-state index contributed by atoms with van der Waals surface area (Å²) in [5, 5.41) is 0.674. The van der Waals surface area contributed by atoms with Crippen molar-refractivity contribution in [3.8, 4) is 11.4 Å². The summed E-state index contributed by atoms with van der Waals surface area (Å²) in [7, 11) is 1.68. The lowest BCUT2D eigenvalue weighted by Gasteiger charge is -2.00. The maximum Gasteiger partial charge on any atom is 0.350 e. The van der Waals surface area contributed by atoms with Crippen molar-refractivity contribution in [2.45, 2.75) is 5.03 Å². The molecule has 0 aliphatic carbocycles. The number of aryl methyl sites for hydroxylation is 1. The first kappa shape index (κ1) is 12.0. The molecule has 0 bridgehead atoms. The molecule has 1 aromatic carbocycles. The van der Waals surface area contributed by atoms with Crippen LogP contribution in [0, 0.1) is 0 Å². The Morgan fingerprint density at radius 3 is 2.63 bits per heavy atom. The quantitative estimate of drug-likeness (QED) is 0.573. The van der Waals surface area contributed by atoms with Crippen molar-refractivity contribution >= 4 is 22.9 Å². The van der Waals surface area contributed by atoms with E-state index in [1.807, 2.05) is 36.6 Å². The van der Waals surface area contributed by atoms with E-state index in [1.54, 1.807) is 7.05 Å². The average Bonchev–Trinajstić information content (AvgIpc) is 2.89. The fourth-order valence-corrected chi connectivity index (χ4v) is 2.46. The third-order valence-electron chi connectivity index (χ3n) is 2.94. The van der Waals surface area contributed by atoms with Gasteiger partial charge in [0.15, 0.2) is 5.65 Å². The number of hydrogen-bond acceptors (Lipinski definition) is 4. The Morgan fingerprint density at radius 2 is 1.95 bits per heavy atom. The third-order valence-corrected chi connectivity index (χ3v) is 3.62. The van der Waals surface area contributed by atoms with Gasteiger partial charge in [-0.15, -0.1) is 11.8 Å². The summed E-state index contributed by atoms with van der Waals surface area (Å²) in [6, 6.07) is 9.81. The van der Waals surface area contributed by atoms with Gasteiger partial charge >= 0.3 is 5.69 Å². The van der Waals surface area contributed by atoms with Crippen molar-refractivity contribution in [1.82, 2.24) is 19.5 Å². The second-order valence-corrected chi connectivity index (χ2v) is 4.91. The van der Waals surface area contributed by atoms with E-state index in [4.69, 9.17) is 0 Å².